The van der Waals surface area contributed by atoms with Crippen LogP contribution in [0.15, 0.2) is 72.8 Å². The average molecular weight is 371 g/mol. The molecule has 0 aliphatic carbocycles. The van der Waals surface area contributed by atoms with Gasteiger partial charge in [-0.15, -0.1) is 0 Å². The minimum atomic E-state index is -0.528. The van der Waals surface area contributed by atoms with E-state index in [1.807, 2.05) is 74.5 Å². The van der Waals surface area contributed by atoms with Crippen LogP contribution in [0.1, 0.15) is 49.9 Å². The summed E-state index contributed by atoms with van der Waals surface area (Å²) in [6.07, 6.45) is -0.365. The molecule has 28 heavy (non-hydrogen) atoms. The highest BCUT2D eigenvalue weighted by Crippen LogP contribution is 2.36. The van der Waals surface area contributed by atoms with Crippen molar-refractivity contribution < 1.29 is 14.4 Å². The molecule has 4 rings (SSSR count). The summed E-state index contributed by atoms with van der Waals surface area (Å²) in [4.78, 5) is 32.0. The maximum atomic E-state index is 13.1. The van der Waals surface area contributed by atoms with Crippen molar-refractivity contribution in [1.82, 2.24) is 0 Å². The van der Waals surface area contributed by atoms with Gasteiger partial charge in [0, 0.05) is 17.5 Å². The van der Waals surface area contributed by atoms with Gasteiger partial charge in [0.2, 0.25) is 0 Å². The van der Waals surface area contributed by atoms with Gasteiger partial charge in [0.25, 0.3) is 5.91 Å². The van der Waals surface area contributed by atoms with E-state index in [0.717, 1.165) is 16.7 Å². The number of amides is 1. The van der Waals surface area contributed by atoms with Crippen LogP contribution >= 0.6 is 0 Å². The molecule has 0 radical (unpaired) electrons. The zero-order chi connectivity index (χ0) is 19.7. The number of aryl methyl sites for hydroxylation is 2. The lowest BCUT2D eigenvalue weighted by Crippen LogP contribution is -2.39. The van der Waals surface area contributed by atoms with Gasteiger partial charge in [-0.05, 0) is 48.7 Å². The van der Waals surface area contributed by atoms with Crippen LogP contribution in [0.5, 0.6) is 0 Å². The van der Waals surface area contributed by atoms with Crippen molar-refractivity contribution in [1.29, 1.82) is 0 Å². The summed E-state index contributed by atoms with van der Waals surface area (Å²) < 4.78 is 0. The first-order valence-corrected chi connectivity index (χ1v) is 9.30. The van der Waals surface area contributed by atoms with E-state index < -0.39 is 6.10 Å². The number of nitrogens with zero attached hydrogens (tertiary/aromatic N) is 1. The van der Waals surface area contributed by atoms with Crippen LogP contribution in [0.25, 0.3) is 0 Å². The monoisotopic (exact) mass is 371 g/mol. The van der Waals surface area contributed by atoms with Crippen molar-refractivity contribution in [2.45, 2.75) is 26.4 Å². The molecule has 1 heterocycles. The van der Waals surface area contributed by atoms with E-state index in [4.69, 9.17) is 4.84 Å². The van der Waals surface area contributed by atoms with E-state index in [9.17, 15) is 9.59 Å². The van der Waals surface area contributed by atoms with Gasteiger partial charge in [0.15, 0.2) is 5.78 Å². The van der Waals surface area contributed by atoms with Gasteiger partial charge in [0.1, 0.15) is 6.10 Å². The third kappa shape index (κ3) is 3.35. The van der Waals surface area contributed by atoms with E-state index in [2.05, 4.69) is 0 Å². The second kappa shape index (κ2) is 7.41. The molecule has 140 valence electrons. The molecule has 0 fully saturated rings. The van der Waals surface area contributed by atoms with Crippen LogP contribution in [-0.4, -0.2) is 11.7 Å². The molecule has 3 aromatic carbocycles. The number of hydrogen-bond acceptors (Lipinski definition) is 3. The largest absolute Gasteiger partial charge is 0.294 e. The lowest BCUT2D eigenvalue weighted by molar-refractivity contribution is 0.0146. The highest BCUT2D eigenvalue weighted by atomic mass is 16.7. The number of fused-ring (bicyclic) bond motifs is 1. The van der Waals surface area contributed by atoms with Crippen molar-refractivity contribution in [2.24, 2.45) is 0 Å². The number of ketones is 1. The molecule has 3 aromatic rings. The number of benzene rings is 3. The Hall–Kier alpha value is -3.24. The lowest BCUT2D eigenvalue weighted by Gasteiger charge is -2.34. The maximum Gasteiger partial charge on any atom is 0.282 e. The number of hydroxylamine groups is 1. The molecule has 1 aliphatic heterocycles. The molecule has 0 spiro atoms. The minimum absolute atomic E-state index is 0.0165. The second-order valence-electron chi connectivity index (χ2n) is 7.05. The Kier molecular flexibility index (Phi) is 4.80. The Morgan fingerprint density at radius 3 is 2.21 bits per heavy atom. The van der Waals surface area contributed by atoms with Crippen molar-refractivity contribution >= 4 is 17.4 Å². The summed E-state index contributed by atoms with van der Waals surface area (Å²) in [6, 6.07) is 22.3. The molecular weight excluding hydrogens is 350 g/mol. The van der Waals surface area contributed by atoms with Crippen LogP contribution in [0.4, 0.5) is 5.69 Å². The van der Waals surface area contributed by atoms with Crippen LogP contribution in [0.2, 0.25) is 0 Å². The van der Waals surface area contributed by atoms with Gasteiger partial charge in [0.05, 0.1) is 5.69 Å². The Bertz CT molecular complexity index is 1030. The first-order valence-electron chi connectivity index (χ1n) is 9.30. The normalized spacial score (nSPS) is 16.0. The smallest absolute Gasteiger partial charge is 0.282 e. The van der Waals surface area contributed by atoms with Gasteiger partial charge in [-0.3, -0.25) is 14.4 Å². The van der Waals surface area contributed by atoms with Crippen LogP contribution in [0.3, 0.4) is 0 Å². The summed E-state index contributed by atoms with van der Waals surface area (Å²) in [5.74, 6) is -0.232. The Morgan fingerprint density at radius 2 is 1.54 bits per heavy atom. The fraction of sp³-hybridized carbons (Fsp3) is 0.167. The van der Waals surface area contributed by atoms with E-state index in [1.54, 1.807) is 12.1 Å². The van der Waals surface area contributed by atoms with Crippen molar-refractivity contribution in [2.75, 3.05) is 5.06 Å². The molecule has 0 saturated carbocycles. The SMILES string of the molecule is Cc1cc2c(cc1C)C(CC(=O)c1ccccc1)ON(c1ccccc1)C2=O. The predicted octanol–water partition coefficient (Wildman–Crippen LogP) is 5.21. The fourth-order valence-electron chi connectivity index (χ4n) is 3.43. The van der Waals surface area contributed by atoms with Crippen molar-refractivity contribution in [3.05, 3.63) is 101 Å². The van der Waals surface area contributed by atoms with Gasteiger partial charge in [-0.1, -0.05) is 54.6 Å². The molecule has 1 unspecified atom stereocenters. The highest BCUT2D eigenvalue weighted by molar-refractivity contribution is 6.07. The molecular formula is C24H21NO3. The van der Waals surface area contributed by atoms with Crippen LogP contribution < -0.4 is 5.06 Å². The predicted molar refractivity (Wildman–Crippen MR) is 108 cm³/mol. The minimum Gasteiger partial charge on any atom is -0.294 e. The molecule has 0 aromatic heterocycles. The molecule has 4 nitrogen and oxygen atoms in total. The third-order valence-electron chi connectivity index (χ3n) is 5.12. The number of carbonyl (C=O) groups is 2. The van der Waals surface area contributed by atoms with Crippen molar-refractivity contribution in [3.8, 4) is 0 Å². The fourth-order valence-corrected chi connectivity index (χ4v) is 3.43. The Labute approximate surface area is 164 Å². The summed E-state index contributed by atoms with van der Waals surface area (Å²) >= 11 is 0. The summed E-state index contributed by atoms with van der Waals surface area (Å²) in [5, 5.41) is 1.31. The molecule has 0 saturated heterocycles. The standard InChI is InChI=1S/C24H21NO3/c1-16-13-20-21(14-17(16)2)24(27)25(19-11-7-4-8-12-19)28-23(20)15-22(26)18-9-5-3-6-10-18/h3-14,23H,15H2,1-2H3. The van der Waals surface area contributed by atoms with Crippen LogP contribution in [0, 0.1) is 13.8 Å². The number of para-hydroxylation sites is 1. The second-order valence-corrected chi connectivity index (χ2v) is 7.05. The Morgan fingerprint density at radius 1 is 0.929 bits per heavy atom. The first kappa shape index (κ1) is 18.1. The number of anilines is 1. The zero-order valence-corrected chi connectivity index (χ0v) is 15.9. The molecule has 1 aliphatic rings. The number of rotatable bonds is 4. The average Bonchev–Trinajstić information content (AvgIpc) is 2.72. The lowest BCUT2D eigenvalue weighted by atomic mass is 9.91. The number of hydrogen-bond donors (Lipinski definition) is 0. The van der Waals surface area contributed by atoms with Gasteiger partial charge >= 0.3 is 0 Å². The number of Topliss-reactive ketones (excluding diaryl/α,β-unsaturated/α-hetero) is 1. The van der Waals surface area contributed by atoms with E-state index in [1.165, 1.54) is 5.06 Å². The molecule has 4 heteroatoms. The van der Waals surface area contributed by atoms with E-state index >= 15 is 0 Å². The van der Waals surface area contributed by atoms with Gasteiger partial charge in [-0.2, -0.15) is 5.06 Å². The molecule has 0 N–H and O–H groups in total. The highest BCUT2D eigenvalue weighted by Gasteiger charge is 2.35. The first-order chi connectivity index (χ1) is 13.5. The summed E-state index contributed by atoms with van der Waals surface area (Å²) in [5.41, 5.74) is 4.75. The Balaban J connectivity index is 1.74. The quantitative estimate of drug-likeness (QED) is 0.592. The van der Waals surface area contributed by atoms with Gasteiger partial charge in [-0.25, -0.2) is 0 Å². The molecule has 0 bridgehead atoms. The molecule has 1 atom stereocenters. The topological polar surface area (TPSA) is 46.6 Å². The maximum absolute atomic E-state index is 13.1. The van der Waals surface area contributed by atoms with E-state index in [0.29, 0.717) is 16.8 Å². The third-order valence-corrected chi connectivity index (χ3v) is 5.12. The van der Waals surface area contributed by atoms with E-state index in [-0.39, 0.29) is 18.1 Å². The number of carbonyl (C=O) groups excluding carboxylic acids is 2. The van der Waals surface area contributed by atoms with Crippen LogP contribution in [-0.2, 0) is 4.84 Å². The van der Waals surface area contributed by atoms with Gasteiger partial charge < -0.3 is 0 Å². The summed E-state index contributed by atoms with van der Waals surface area (Å²) in [6.45, 7) is 3.98. The zero-order valence-electron chi connectivity index (χ0n) is 15.9. The molecule has 1 amide bonds. The van der Waals surface area contributed by atoms with Crippen molar-refractivity contribution in [3.63, 3.8) is 0 Å². The summed E-state index contributed by atoms with van der Waals surface area (Å²) in [7, 11) is 0.